The van der Waals surface area contributed by atoms with E-state index >= 15 is 0 Å². The topological polar surface area (TPSA) is 49.4 Å². The molecule has 7 heteroatoms. The fraction of sp³-hybridized carbons (Fsp3) is 0.636. The van der Waals surface area contributed by atoms with E-state index in [4.69, 9.17) is 11.6 Å². The van der Waals surface area contributed by atoms with E-state index in [1.165, 1.54) is 0 Å². The molecule has 1 aromatic heterocycles. The Labute approximate surface area is 117 Å². The van der Waals surface area contributed by atoms with Crippen molar-refractivity contribution in [1.29, 1.82) is 0 Å². The van der Waals surface area contributed by atoms with Crippen LogP contribution in [0.1, 0.15) is 19.8 Å². The lowest BCUT2D eigenvalue weighted by atomic mass is 10.1. The summed E-state index contributed by atoms with van der Waals surface area (Å²) in [7, 11) is -3.40. The van der Waals surface area contributed by atoms with Gasteiger partial charge in [0.25, 0.3) is 0 Å². The van der Waals surface area contributed by atoms with Crippen molar-refractivity contribution in [2.45, 2.75) is 30.0 Å². The van der Waals surface area contributed by atoms with Gasteiger partial charge < -0.3 is 4.90 Å². The average Bonchev–Trinajstić information content (AvgIpc) is 2.77. The maximum absolute atomic E-state index is 12.1. The van der Waals surface area contributed by atoms with Crippen LogP contribution in [0.15, 0.2) is 16.3 Å². The summed E-state index contributed by atoms with van der Waals surface area (Å²) in [4.78, 5) is 2.33. The van der Waals surface area contributed by atoms with Crippen molar-refractivity contribution in [2.75, 3.05) is 19.6 Å². The maximum atomic E-state index is 12.1. The highest BCUT2D eigenvalue weighted by molar-refractivity contribution is 7.91. The zero-order valence-electron chi connectivity index (χ0n) is 10.2. The van der Waals surface area contributed by atoms with Gasteiger partial charge in [-0.05, 0) is 44.6 Å². The molecule has 0 unspecified atom stereocenters. The van der Waals surface area contributed by atoms with Crippen LogP contribution in [0.25, 0.3) is 0 Å². The Bertz CT molecular complexity index is 493. The summed E-state index contributed by atoms with van der Waals surface area (Å²) in [5, 5.41) is 0. The van der Waals surface area contributed by atoms with Gasteiger partial charge in [0.2, 0.25) is 10.0 Å². The van der Waals surface area contributed by atoms with Crippen LogP contribution in [-0.2, 0) is 10.0 Å². The number of sulfonamides is 1. The molecule has 4 nitrogen and oxygen atoms in total. The van der Waals surface area contributed by atoms with E-state index in [0.717, 1.165) is 43.8 Å². The van der Waals surface area contributed by atoms with Crippen LogP contribution in [0, 0.1) is 0 Å². The Morgan fingerprint density at radius 2 is 2.11 bits per heavy atom. The molecule has 18 heavy (non-hydrogen) atoms. The first-order valence-electron chi connectivity index (χ1n) is 6.01. The van der Waals surface area contributed by atoms with Crippen molar-refractivity contribution in [3.05, 3.63) is 16.5 Å². The van der Waals surface area contributed by atoms with Crippen molar-refractivity contribution in [3.8, 4) is 0 Å². The van der Waals surface area contributed by atoms with Crippen LogP contribution in [0.3, 0.4) is 0 Å². The summed E-state index contributed by atoms with van der Waals surface area (Å²) in [6.45, 7) is 5.06. The molecule has 0 aliphatic carbocycles. The molecular weight excluding hydrogens is 292 g/mol. The average molecular weight is 309 g/mol. The molecule has 2 rings (SSSR count). The van der Waals surface area contributed by atoms with Gasteiger partial charge in [-0.1, -0.05) is 18.5 Å². The van der Waals surface area contributed by atoms with Gasteiger partial charge >= 0.3 is 0 Å². The zero-order valence-corrected chi connectivity index (χ0v) is 12.6. The van der Waals surface area contributed by atoms with E-state index in [9.17, 15) is 8.42 Å². The molecule has 2 heterocycles. The van der Waals surface area contributed by atoms with Crippen LogP contribution >= 0.6 is 22.9 Å². The lowest BCUT2D eigenvalue weighted by Gasteiger charge is -2.31. The number of thiophene rings is 1. The molecule has 0 aromatic carbocycles. The second kappa shape index (κ2) is 5.88. The van der Waals surface area contributed by atoms with Gasteiger partial charge in [0.05, 0.1) is 4.34 Å². The monoisotopic (exact) mass is 308 g/mol. The Kier molecular flexibility index (Phi) is 4.66. The number of hydrogen-bond acceptors (Lipinski definition) is 4. The predicted octanol–water partition coefficient (Wildman–Crippen LogP) is 2.16. The predicted molar refractivity (Wildman–Crippen MR) is 74.8 cm³/mol. The largest absolute Gasteiger partial charge is 0.303 e. The molecule has 0 spiro atoms. The van der Waals surface area contributed by atoms with Crippen LogP contribution in [0.2, 0.25) is 4.34 Å². The van der Waals surface area contributed by atoms with Gasteiger partial charge in [0, 0.05) is 6.04 Å². The third kappa shape index (κ3) is 3.45. The number of nitrogens with zero attached hydrogens (tertiary/aromatic N) is 1. The molecule has 1 aromatic rings. The summed E-state index contributed by atoms with van der Waals surface area (Å²) in [5.41, 5.74) is 0. The molecule has 0 bridgehead atoms. The fourth-order valence-corrected chi connectivity index (χ4v) is 4.89. The Morgan fingerprint density at radius 1 is 1.44 bits per heavy atom. The number of likely N-dealkylation sites (tertiary alicyclic amines) is 1. The number of piperidine rings is 1. The summed E-state index contributed by atoms with van der Waals surface area (Å²) in [6.07, 6.45) is 1.73. The normalized spacial score (nSPS) is 19.2. The minimum atomic E-state index is -3.40. The fourth-order valence-electron chi connectivity index (χ4n) is 2.09. The Morgan fingerprint density at radius 3 is 2.61 bits per heavy atom. The first-order valence-corrected chi connectivity index (χ1v) is 8.69. The summed E-state index contributed by atoms with van der Waals surface area (Å²) >= 11 is 6.86. The molecular formula is C11H17ClN2O2S2. The van der Waals surface area contributed by atoms with Gasteiger partial charge in [-0.2, -0.15) is 0 Å². The van der Waals surface area contributed by atoms with E-state index in [2.05, 4.69) is 16.5 Å². The molecule has 1 saturated heterocycles. The molecule has 0 amide bonds. The number of halogens is 1. The van der Waals surface area contributed by atoms with Gasteiger partial charge in [0.15, 0.2) is 0 Å². The molecule has 0 atom stereocenters. The molecule has 1 N–H and O–H groups in total. The number of rotatable bonds is 4. The van der Waals surface area contributed by atoms with Crippen LogP contribution in [0.4, 0.5) is 0 Å². The van der Waals surface area contributed by atoms with E-state index in [0.29, 0.717) is 8.55 Å². The second-order valence-corrected chi connectivity index (χ2v) is 8.04. The first kappa shape index (κ1) is 14.3. The van der Waals surface area contributed by atoms with Crippen molar-refractivity contribution < 1.29 is 8.42 Å². The smallest absolute Gasteiger partial charge is 0.250 e. The third-order valence-corrected chi connectivity index (χ3v) is 6.41. The highest BCUT2D eigenvalue weighted by Gasteiger charge is 2.24. The van der Waals surface area contributed by atoms with Gasteiger partial charge in [-0.25, -0.2) is 13.1 Å². The quantitative estimate of drug-likeness (QED) is 0.927. The van der Waals surface area contributed by atoms with E-state index in [1.807, 2.05) is 0 Å². The summed E-state index contributed by atoms with van der Waals surface area (Å²) < 4.78 is 27.7. The first-order chi connectivity index (χ1) is 8.51. The Balaban J connectivity index is 1.97. The molecule has 0 radical (unpaired) electrons. The highest BCUT2D eigenvalue weighted by Crippen LogP contribution is 2.26. The number of hydrogen-bond donors (Lipinski definition) is 1. The maximum Gasteiger partial charge on any atom is 0.250 e. The van der Waals surface area contributed by atoms with Gasteiger partial charge in [-0.15, -0.1) is 11.3 Å². The number of nitrogens with one attached hydrogen (secondary N) is 1. The second-order valence-electron chi connectivity index (χ2n) is 4.39. The summed E-state index contributed by atoms with van der Waals surface area (Å²) in [5.74, 6) is 0. The SMILES string of the molecule is CCN1CCC(NS(=O)(=O)c2ccc(Cl)s2)CC1. The Hall–Kier alpha value is -0.140. The van der Waals surface area contributed by atoms with Crippen LogP contribution < -0.4 is 4.72 Å². The standard InChI is InChI=1S/C11H17ClN2O2S2/c1-2-14-7-5-9(6-8-14)13-18(15,16)11-4-3-10(12)17-11/h3-4,9,13H,2,5-8H2,1H3. The minimum Gasteiger partial charge on any atom is -0.303 e. The van der Waals surface area contributed by atoms with E-state index in [1.54, 1.807) is 12.1 Å². The third-order valence-electron chi connectivity index (χ3n) is 3.17. The van der Waals surface area contributed by atoms with Crippen molar-refractivity contribution >= 4 is 33.0 Å². The van der Waals surface area contributed by atoms with Crippen LogP contribution in [0.5, 0.6) is 0 Å². The van der Waals surface area contributed by atoms with Crippen molar-refractivity contribution in [1.82, 2.24) is 9.62 Å². The van der Waals surface area contributed by atoms with Crippen LogP contribution in [-0.4, -0.2) is 39.0 Å². The molecule has 0 saturated carbocycles. The lowest BCUT2D eigenvalue weighted by molar-refractivity contribution is 0.217. The highest BCUT2D eigenvalue weighted by atomic mass is 35.5. The van der Waals surface area contributed by atoms with Crippen molar-refractivity contribution in [3.63, 3.8) is 0 Å². The minimum absolute atomic E-state index is 0.0404. The molecule has 102 valence electrons. The van der Waals surface area contributed by atoms with E-state index in [-0.39, 0.29) is 6.04 Å². The van der Waals surface area contributed by atoms with Gasteiger partial charge in [-0.3, -0.25) is 0 Å². The van der Waals surface area contributed by atoms with E-state index < -0.39 is 10.0 Å². The molecule has 1 aliphatic heterocycles. The summed E-state index contributed by atoms with van der Waals surface area (Å²) in [6, 6.07) is 3.20. The zero-order chi connectivity index (χ0) is 13.2. The molecule has 1 aliphatic rings. The lowest BCUT2D eigenvalue weighted by Crippen LogP contribution is -2.44. The van der Waals surface area contributed by atoms with Gasteiger partial charge in [0.1, 0.15) is 4.21 Å². The molecule has 1 fully saturated rings. The van der Waals surface area contributed by atoms with Crippen molar-refractivity contribution in [2.24, 2.45) is 0 Å².